The van der Waals surface area contributed by atoms with Gasteiger partial charge < -0.3 is 15.0 Å². The maximum Gasteiger partial charge on any atom is 0.350 e. The van der Waals surface area contributed by atoms with E-state index in [-0.39, 0.29) is 23.8 Å². The normalized spacial score (nSPS) is 10.9. The molecule has 0 unspecified atom stereocenters. The lowest BCUT2D eigenvalue weighted by Crippen LogP contribution is -2.15. The Labute approximate surface area is 207 Å². The average Bonchev–Trinajstić information content (AvgIpc) is 3.40. The standard InChI is InChI=1S/C23H20N4O4S3/c1-4-9-31-21(30)18-13(3)24-23(34-18)25-16(28)11-33-22-26-19(29)17-15(10-32-20(17)27-22)14-7-5-12(2)6-8-14/h4-8,10H,1,9,11H2,2-3H3,(H,24,25,28)(H,26,27,29). The second-order valence-electron chi connectivity index (χ2n) is 7.22. The number of nitrogens with one attached hydrogen (secondary N) is 2. The summed E-state index contributed by atoms with van der Waals surface area (Å²) in [5.41, 5.74) is 3.16. The van der Waals surface area contributed by atoms with Gasteiger partial charge in [-0.1, -0.05) is 65.6 Å². The van der Waals surface area contributed by atoms with Crippen LogP contribution in [0.25, 0.3) is 21.3 Å². The summed E-state index contributed by atoms with van der Waals surface area (Å²) < 4.78 is 5.02. The van der Waals surface area contributed by atoms with Gasteiger partial charge in [0.05, 0.1) is 16.8 Å². The van der Waals surface area contributed by atoms with E-state index in [0.717, 1.165) is 39.8 Å². The summed E-state index contributed by atoms with van der Waals surface area (Å²) in [7, 11) is 0. The van der Waals surface area contributed by atoms with Crippen LogP contribution in [0.2, 0.25) is 0 Å². The predicted octanol–water partition coefficient (Wildman–Crippen LogP) is 4.80. The smallest absolute Gasteiger partial charge is 0.350 e. The lowest BCUT2D eigenvalue weighted by molar-refractivity contribution is -0.113. The number of hydrogen-bond donors (Lipinski definition) is 2. The second kappa shape index (κ2) is 10.3. The number of fused-ring (bicyclic) bond motifs is 1. The van der Waals surface area contributed by atoms with Crippen LogP contribution in [-0.2, 0) is 9.53 Å². The van der Waals surface area contributed by atoms with Crippen LogP contribution in [0.5, 0.6) is 0 Å². The number of hydrogen-bond acceptors (Lipinski definition) is 9. The minimum absolute atomic E-state index is 0.0134. The number of benzene rings is 1. The number of aromatic amines is 1. The Morgan fingerprint density at radius 1 is 1.24 bits per heavy atom. The molecule has 11 heteroatoms. The number of thiophene rings is 1. The number of thioether (sulfide) groups is 1. The molecule has 8 nitrogen and oxygen atoms in total. The average molecular weight is 513 g/mol. The van der Waals surface area contributed by atoms with E-state index in [1.54, 1.807) is 6.92 Å². The zero-order valence-electron chi connectivity index (χ0n) is 18.3. The van der Waals surface area contributed by atoms with E-state index in [4.69, 9.17) is 4.74 Å². The quantitative estimate of drug-likeness (QED) is 0.151. The van der Waals surface area contributed by atoms with Gasteiger partial charge in [0.1, 0.15) is 16.3 Å². The monoisotopic (exact) mass is 512 g/mol. The van der Waals surface area contributed by atoms with Crippen molar-refractivity contribution in [2.45, 2.75) is 19.0 Å². The SMILES string of the molecule is C=CCOC(=O)c1sc(NC(=O)CSc2nc3scc(-c4ccc(C)cc4)c3c(=O)[nH]2)nc1C. The maximum absolute atomic E-state index is 12.8. The Hall–Kier alpha value is -3.28. The van der Waals surface area contributed by atoms with Gasteiger partial charge in [-0.3, -0.25) is 9.59 Å². The Morgan fingerprint density at radius 3 is 2.74 bits per heavy atom. The molecule has 4 aromatic rings. The van der Waals surface area contributed by atoms with Crippen LogP contribution < -0.4 is 10.9 Å². The third-order valence-electron chi connectivity index (χ3n) is 4.69. The van der Waals surface area contributed by atoms with Crippen LogP contribution >= 0.6 is 34.4 Å². The number of H-pyrrole nitrogens is 1. The van der Waals surface area contributed by atoms with E-state index in [1.807, 2.05) is 36.6 Å². The molecule has 0 spiro atoms. The molecule has 174 valence electrons. The molecule has 0 aliphatic rings. The van der Waals surface area contributed by atoms with E-state index in [9.17, 15) is 14.4 Å². The summed E-state index contributed by atoms with van der Waals surface area (Å²) >= 11 is 3.54. The zero-order chi connectivity index (χ0) is 24.2. The van der Waals surface area contributed by atoms with Gasteiger partial charge in [-0.05, 0) is 19.4 Å². The van der Waals surface area contributed by atoms with Crippen LogP contribution in [0.15, 0.2) is 52.3 Å². The van der Waals surface area contributed by atoms with Gasteiger partial charge in [0.15, 0.2) is 10.3 Å². The van der Waals surface area contributed by atoms with Crippen molar-refractivity contribution in [3.8, 4) is 11.1 Å². The van der Waals surface area contributed by atoms with Gasteiger partial charge in [0.25, 0.3) is 5.56 Å². The molecule has 34 heavy (non-hydrogen) atoms. The molecule has 0 saturated heterocycles. The topological polar surface area (TPSA) is 114 Å². The highest BCUT2D eigenvalue weighted by molar-refractivity contribution is 7.99. The lowest BCUT2D eigenvalue weighted by atomic mass is 10.1. The highest BCUT2D eigenvalue weighted by Crippen LogP contribution is 2.31. The van der Waals surface area contributed by atoms with E-state index < -0.39 is 5.97 Å². The van der Waals surface area contributed by atoms with Crippen molar-refractivity contribution < 1.29 is 14.3 Å². The second-order valence-corrected chi connectivity index (χ2v) is 10.0. The number of rotatable bonds is 8. The Bertz CT molecular complexity index is 1440. The molecule has 1 amide bonds. The van der Waals surface area contributed by atoms with E-state index >= 15 is 0 Å². The van der Waals surface area contributed by atoms with Crippen molar-refractivity contribution in [2.75, 3.05) is 17.7 Å². The summed E-state index contributed by atoms with van der Waals surface area (Å²) in [5.74, 6) is -0.834. The van der Waals surface area contributed by atoms with Crippen molar-refractivity contribution in [3.63, 3.8) is 0 Å². The maximum atomic E-state index is 12.8. The fourth-order valence-electron chi connectivity index (χ4n) is 3.07. The largest absolute Gasteiger partial charge is 0.457 e. The van der Waals surface area contributed by atoms with Gasteiger partial charge in [0.2, 0.25) is 5.91 Å². The van der Waals surface area contributed by atoms with Crippen molar-refractivity contribution in [1.29, 1.82) is 0 Å². The number of aryl methyl sites for hydroxylation is 2. The first-order valence-electron chi connectivity index (χ1n) is 10.1. The Balaban J connectivity index is 1.43. The van der Waals surface area contributed by atoms with E-state index in [1.165, 1.54) is 17.4 Å². The first-order chi connectivity index (χ1) is 16.4. The summed E-state index contributed by atoms with van der Waals surface area (Å²) in [6, 6.07) is 7.96. The molecule has 3 aromatic heterocycles. The molecule has 4 rings (SSSR count). The van der Waals surface area contributed by atoms with E-state index in [0.29, 0.717) is 31.1 Å². The number of thiazole rings is 1. The zero-order valence-corrected chi connectivity index (χ0v) is 20.8. The van der Waals surface area contributed by atoms with Gasteiger partial charge in [-0.25, -0.2) is 14.8 Å². The van der Waals surface area contributed by atoms with Crippen LogP contribution in [0.3, 0.4) is 0 Å². The number of aromatic nitrogens is 3. The van der Waals surface area contributed by atoms with Crippen molar-refractivity contribution >= 4 is 61.7 Å². The minimum atomic E-state index is -0.513. The molecule has 1 aromatic carbocycles. The van der Waals surface area contributed by atoms with Gasteiger partial charge in [-0.2, -0.15) is 0 Å². The number of ether oxygens (including phenoxy) is 1. The molecular weight excluding hydrogens is 492 g/mol. The molecule has 0 fully saturated rings. The van der Waals surface area contributed by atoms with Gasteiger partial charge >= 0.3 is 5.97 Å². The van der Waals surface area contributed by atoms with Crippen molar-refractivity contribution in [3.05, 3.63) is 68.8 Å². The Kier molecular flexibility index (Phi) is 7.25. The number of esters is 1. The number of anilines is 1. The number of carbonyl (C=O) groups is 2. The van der Waals surface area contributed by atoms with Crippen LogP contribution in [-0.4, -0.2) is 39.2 Å². The number of nitrogens with zero attached hydrogens (tertiary/aromatic N) is 2. The fourth-order valence-corrected chi connectivity index (χ4v) is 5.61. The number of amides is 1. The lowest BCUT2D eigenvalue weighted by Gasteiger charge is -2.03. The van der Waals surface area contributed by atoms with Crippen molar-refractivity contribution in [1.82, 2.24) is 15.0 Å². The van der Waals surface area contributed by atoms with E-state index in [2.05, 4.69) is 26.8 Å². The summed E-state index contributed by atoms with van der Waals surface area (Å²) in [6.45, 7) is 7.28. The molecule has 0 aliphatic carbocycles. The molecule has 3 heterocycles. The molecule has 0 aliphatic heterocycles. The predicted molar refractivity (Wildman–Crippen MR) is 137 cm³/mol. The van der Waals surface area contributed by atoms with Gasteiger partial charge in [-0.15, -0.1) is 11.3 Å². The Morgan fingerprint density at radius 2 is 2.00 bits per heavy atom. The molecule has 2 N–H and O–H groups in total. The highest BCUT2D eigenvalue weighted by Gasteiger charge is 2.18. The fraction of sp³-hybridized carbons (Fsp3) is 0.174. The number of carbonyl (C=O) groups excluding carboxylic acids is 2. The third kappa shape index (κ3) is 5.27. The van der Waals surface area contributed by atoms with Crippen molar-refractivity contribution in [2.24, 2.45) is 0 Å². The summed E-state index contributed by atoms with van der Waals surface area (Å²) in [6.07, 6.45) is 1.48. The third-order valence-corrected chi connectivity index (χ3v) is 7.48. The summed E-state index contributed by atoms with van der Waals surface area (Å²) in [5, 5.41) is 5.78. The van der Waals surface area contributed by atoms with Crippen LogP contribution in [0, 0.1) is 13.8 Å². The molecule has 0 saturated carbocycles. The first-order valence-corrected chi connectivity index (χ1v) is 12.8. The molecule has 0 bridgehead atoms. The summed E-state index contributed by atoms with van der Waals surface area (Å²) in [4.78, 5) is 49.6. The first kappa shape index (κ1) is 23.9. The van der Waals surface area contributed by atoms with Crippen LogP contribution in [0.4, 0.5) is 5.13 Å². The van der Waals surface area contributed by atoms with Crippen LogP contribution in [0.1, 0.15) is 20.9 Å². The van der Waals surface area contributed by atoms with Gasteiger partial charge in [0, 0.05) is 10.9 Å². The minimum Gasteiger partial charge on any atom is -0.457 e. The molecule has 0 radical (unpaired) electrons. The highest BCUT2D eigenvalue weighted by atomic mass is 32.2. The molecule has 0 atom stereocenters. The molecular formula is C23H20N4O4S3.